The molecule has 1 fully saturated rings. The minimum Gasteiger partial charge on any atom is -0.461 e. The van der Waals surface area contributed by atoms with Crippen molar-refractivity contribution in [1.82, 2.24) is 0 Å². The Morgan fingerprint density at radius 2 is 2.10 bits per heavy atom. The molecule has 0 unspecified atom stereocenters. The zero-order chi connectivity index (χ0) is 7.61. The quantitative estimate of drug-likeness (QED) is 0.561. The summed E-state index contributed by atoms with van der Waals surface area (Å²) in [4.78, 5) is 10.1. The molecule has 1 aliphatic rings. The van der Waals surface area contributed by atoms with Crippen LogP contribution >= 0.6 is 0 Å². The Labute approximate surface area is 61.6 Å². The van der Waals surface area contributed by atoms with Gasteiger partial charge >= 0.3 is 0 Å². The van der Waals surface area contributed by atoms with Crippen molar-refractivity contribution in [2.45, 2.75) is 38.7 Å². The van der Waals surface area contributed by atoms with E-state index in [-0.39, 0.29) is 5.60 Å². The van der Waals surface area contributed by atoms with Crippen LogP contribution in [0.4, 0.5) is 0 Å². The third kappa shape index (κ3) is 1.02. The SMILES string of the molecule is CC(C)C1(OC=O)CCC1. The Kier molecular flexibility index (Phi) is 1.97. The van der Waals surface area contributed by atoms with Gasteiger partial charge in [-0.1, -0.05) is 13.8 Å². The lowest BCUT2D eigenvalue weighted by Crippen LogP contribution is -2.44. The van der Waals surface area contributed by atoms with Crippen LogP contribution in [0.15, 0.2) is 0 Å². The van der Waals surface area contributed by atoms with E-state index in [1.165, 1.54) is 6.42 Å². The first-order chi connectivity index (χ1) is 4.71. The standard InChI is InChI=1S/C8H14O2/c1-7(2)8(10-6-9)4-3-5-8/h6-7H,3-5H2,1-2H3. The van der Waals surface area contributed by atoms with Crippen LogP contribution in [0.3, 0.4) is 0 Å². The Balaban J connectivity index is 2.50. The fraction of sp³-hybridized carbons (Fsp3) is 0.875. The van der Waals surface area contributed by atoms with Gasteiger partial charge in [0, 0.05) is 0 Å². The summed E-state index contributed by atoms with van der Waals surface area (Å²) < 4.78 is 5.05. The van der Waals surface area contributed by atoms with Crippen molar-refractivity contribution in [2.75, 3.05) is 0 Å². The molecule has 0 atom stereocenters. The minimum atomic E-state index is -0.0955. The van der Waals surface area contributed by atoms with Crippen LogP contribution in [0.2, 0.25) is 0 Å². The van der Waals surface area contributed by atoms with Crippen molar-refractivity contribution in [2.24, 2.45) is 5.92 Å². The fourth-order valence-electron chi connectivity index (χ4n) is 1.45. The molecule has 0 saturated heterocycles. The average molecular weight is 142 g/mol. The third-order valence-corrected chi connectivity index (χ3v) is 2.53. The second-order valence-electron chi connectivity index (χ2n) is 3.29. The molecule has 0 aliphatic heterocycles. The van der Waals surface area contributed by atoms with E-state index in [1.807, 2.05) is 0 Å². The molecule has 0 aromatic heterocycles. The van der Waals surface area contributed by atoms with Gasteiger partial charge in [0.05, 0.1) is 0 Å². The Morgan fingerprint density at radius 3 is 2.20 bits per heavy atom. The van der Waals surface area contributed by atoms with E-state index in [0.717, 1.165) is 12.8 Å². The topological polar surface area (TPSA) is 26.3 Å². The van der Waals surface area contributed by atoms with Gasteiger partial charge in [-0.05, 0) is 25.2 Å². The average Bonchev–Trinajstić information content (AvgIpc) is 1.77. The number of rotatable bonds is 3. The largest absolute Gasteiger partial charge is 0.461 e. The first-order valence-corrected chi connectivity index (χ1v) is 3.83. The number of hydrogen-bond acceptors (Lipinski definition) is 2. The molecular formula is C8H14O2. The molecule has 0 spiro atoms. The minimum absolute atomic E-state index is 0.0955. The molecule has 0 N–H and O–H groups in total. The normalized spacial score (nSPS) is 21.9. The van der Waals surface area contributed by atoms with Gasteiger partial charge in [0.15, 0.2) is 0 Å². The Hall–Kier alpha value is -0.530. The molecule has 1 rings (SSSR count). The van der Waals surface area contributed by atoms with Crippen molar-refractivity contribution >= 4 is 6.47 Å². The Bertz CT molecular complexity index is 125. The summed E-state index contributed by atoms with van der Waals surface area (Å²) in [6, 6.07) is 0. The first-order valence-electron chi connectivity index (χ1n) is 3.83. The molecule has 2 nitrogen and oxygen atoms in total. The fourth-order valence-corrected chi connectivity index (χ4v) is 1.45. The summed E-state index contributed by atoms with van der Waals surface area (Å²) in [6.45, 7) is 4.78. The number of carbonyl (C=O) groups is 1. The zero-order valence-corrected chi connectivity index (χ0v) is 6.59. The van der Waals surface area contributed by atoms with E-state index < -0.39 is 0 Å². The highest BCUT2D eigenvalue weighted by Crippen LogP contribution is 2.40. The van der Waals surface area contributed by atoms with E-state index in [4.69, 9.17) is 4.74 Å². The Morgan fingerprint density at radius 1 is 1.50 bits per heavy atom. The maximum atomic E-state index is 10.1. The van der Waals surface area contributed by atoms with Crippen LogP contribution in [0, 0.1) is 5.92 Å². The highest BCUT2D eigenvalue weighted by molar-refractivity contribution is 5.39. The molecule has 0 heterocycles. The van der Waals surface area contributed by atoms with Gasteiger partial charge in [-0.25, -0.2) is 0 Å². The lowest BCUT2D eigenvalue weighted by atomic mass is 9.72. The lowest BCUT2D eigenvalue weighted by molar-refractivity contribution is -0.161. The van der Waals surface area contributed by atoms with E-state index in [1.54, 1.807) is 0 Å². The summed E-state index contributed by atoms with van der Waals surface area (Å²) in [5.74, 6) is 0.464. The predicted octanol–water partition coefficient (Wildman–Crippen LogP) is 1.74. The van der Waals surface area contributed by atoms with Crippen molar-refractivity contribution in [1.29, 1.82) is 0 Å². The highest BCUT2D eigenvalue weighted by Gasteiger charge is 2.41. The van der Waals surface area contributed by atoms with Gasteiger partial charge in [-0.15, -0.1) is 0 Å². The van der Waals surface area contributed by atoms with Crippen molar-refractivity contribution < 1.29 is 9.53 Å². The monoisotopic (exact) mass is 142 g/mol. The molecule has 58 valence electrons. The van der Waals surface area contributed by atoms with Crippen LogP contribution in [-0.2, 0) is 9.53 Å². The predicted molar refractivity (Wildman–Crippen MR) is 38.6 cm³/mol. The van der Waals surface area contributed by atoms with E-state index in [2.05, 4.69) is 13.8 Å². The van der Waals surface area contributed by atoms with Gasteiger partial charge in [-0.3, -0.25) is 4.79 Å². The molecule has 10 heavy (non-hydrogen) atoms. The highest BCUT2D eigenvalue weighted by atomic mass is 16.5. The molecule has 0 amide bonds. The second-order valence-corrected chi connectivity index (χ2v) is 3.29. The lowest BCUT2D eigenvalue weighted by Gasteiger charge is -2.43. The van der Waals surface area contributed by atoms with Gasteiger partial charge in [0.25, 0.3) is 6.47 Å². The van der Waals surface area contributed by atoms with Gasteiger partial charge < -0.3 is 4.74 Å². The second kappa shape index (κ2) is 2.60. The third-order valence-electron chi connectivity index (χ3n) is 2.53. The van der Waals surface area contributed by atoms with Crippen LogP contribution in [-0.4, -0.2) is 12.1 Å². The van der Waals surface area contributed by atoms with Gasteiger partial charge in [-0.2, -0.15) is 0 Å². The van der Waals surface area contributed by atoms with Crippen LogP contribution < -0.4 is 0 Å². The van der Waals surface area contributed by atoms with Gasteiger partial charge in [0.1, 0.15) is 5.60 Å². The zero-order valence-electron chi connectivity index (χ0n) is 6.59. The molecule has 1 aliphatic carbocycles. The summed E-state index contributed by atoms with van der Waals surface area (Å²) in [7, 11) is 0. The van der Waals surface area contributed by atoms with Crippen molar-refractivity contribution in [3.05, 3.63) is 0 Å². The van der Waals surface area contributed by atoms with E-state index in [0.29, 0.717) is 12.4 Å². The smallest absolute Gasteiger partial charge is 0.293 e. The molecule has 0 aromatic rings. The number of ether oxygens (including phenoxy) is 1. The molecule has 0 radical (unpaired) electrons. The number of carbonyl (C=O) groups excluding carboxylic acids is 1. The van der Waals surface area contributed by atoms with Crippen LogP contribution in [0.25, 0.3) is 0 Å². The first kappa shape index (κ1) is 7.58. The van der Waals surface area contributed by atoms with Crippen molar-refractivity contribution in [3.8, 4) is 0 Å². The molecular weight excluding hydrogens is 128 g/mol. The molecule has 0 bridgehead atoms. The molecule has 1 saturated carbocycles. The van der Waals surface area contributed by atoms with Crippen molar-refractivity contribution in [3.63, 3.8) is 0 Å². The van der Waals surface area contributed by atoms with Gasteiger partial charge in [0.2, 0.25) is 0 Å². The molecule has 0 aromatic carbocycles. The summed E-state index contributed by atoms with van der Waals surface area (Å²) in [6.07, 6.45) is 3.29. The summed E-state index contributed by atoms with van der Waals surface area (Å²) in [5.41, 5.74) is -0.0955. The van der Waals surface area contributed by atoms with Crippen LogP contribution in [0.5, 0.6) is 0 Å². The summed E-state index contributed by atoms with van der Waals surface area (Å²) in [5, 5.41) is 0. The van der Waals surface area contributed by atoms with E-state index in [9.17, 15) is 4.79 Å². The molecule has 2 heteroatoms. The maximum absolute atomic E-state index is 10.1. The number of hydrogen-bond donors (Lipinski definition) is 0. The maximum Gasteiger partial charge on any atom is 0.293 e. The van der Waals surface area contributed by atoms with E-state index >= 15 is 0 Å². The van der Waals surface area contributed by atoms with Crippen LogP contribution in [0.1, 0.15) is 33.1 Å². The summed E-state index contributed by atoms with van der Waals surface area (Å²) >= 11 is 0.